The van der Waals surface area contributed by atoms with Crippen molar-refractivity contribution in [3.63, 3.8) is 0 Å². The number of ether oxygens (including phenoxy) is 3. The van der Waals surface area contributed by atoms with Gasteiger partial charge in [0.2, 0.25) is 0 Å². The van der Waals surface area contributed by atoms with Crippen LogP contribution < -0.4 is 9.80 Å². The Morgan fingerprint density at radius 3 is 2.44 bits per heavy atom. The maximum atomic E-state index is 14.0. The Labute approximate surface area is 300 Å². The molecular formula is C37H45F3N8O4. The number of hydrogen-bond acceptors (Lipinski definition) is 11. The van der Waals surface area contributed by atoms with Crippen LogP contribution in [0.4, 0.5) is 24.7 Å². The molecule has 1 aliphatic heterocycles. The van der Waals surface area contributed by atoms with Gasteiger partial charge in [0.25, 0.3) is 0 Å². The average molecular weight is 723 g/mol. The zero-order chi connectivity index (χ0) is 36.5. The molecular weight excluding hydrogens is 677 g/mol. The van der Waals surface area contributed by atoms with Crippen LogP contribution in [0.15, 0.2) is 30.6 Å². The van der Waals surface area contributed by atoms with Crippen LogP contribution in [0.25, 0.3) is 33.9 Å². The standard InChI is InChI=1S/C37H45F3N8O4/c1-4-51-32(49)20-52-25-9-13-48(14-10-25)31-19-41-28(18-42-31)34-45-33-29(47(2)21-36(22-50-3)11-5-6-12-36)17-27(44-35(33)46-34)24-15-26(23-7-8-23)43-30(16-24)37(38,39)40/h15-19,23,25H,4-14,20-22H2,1-3H3,(H,44,45,46). The number of nitrogens with zero attached hydrogens (tertiary/aromatic N) is 7. The van der Waals surface area contributed by atoms with Gasteiger partial charge < -0.3 is 29.0 Å². The molecule has 4 aromatic rings. The number of imidazole rings is 1. The molecule has 0 unspecified atom stereocenters. The first-order valence-corrected chi connectivity index (χ1v) is 18.1. The third-order valence-corrected chi connectivity index (χ3v) is 10.4. The largest absolute Gasteiger partial charge is 0.464 e. The predicted octanol–water partition coefficient (Wildman–Crippen LogP) is 6.56. The highest BCUT2D eigenvalue weighted by atomic mass is 19.4. The van der Waals surface area contributed by atoms with Crippen LogP contribution in [0.3, 0.4) is 0 Å². The molecule has 15 heteroatoms. The van der Waals surface area contributed by atoms with Crippen molar-refractivity contribution in [3.05, 3.63) is 42.0 Å². The number of rotatable bonds is 13. The molecule has 3 aliphatic rings. The van der Waals surface area contributed by atoms with Gasteiger partial charge in [-0.05, 0) is 63.6 Å². The second-order valence-electron chi connectivity index (χ2n) is 14.3. The van der Waals surface area contributed by atoms with E-state index in [0.29, 0.717) is 78.3 Å². The fraction of sp³-hybridized carbons (Fsp3) is 0.568. The van der Waals surface area contributed by atoms with Crippen molar-refractivity contribution in [1.82, 2.24) is 29.9 Å². The van der Waals surface area contributed by atoms with Crippen molar-refractivity contribution in [2.24, 2.45) is 5.41 Å². The minimum atomic E-state index is -4.59. The highest BCUT2D eigenvalue weighted by molar-refractivity contribution is 5.91. The maximum absolute atomic E-state index is 14.0. The van der Waals surface area contributed by atoms with Gasteiger partial charge in [0.05, 0.1) is 43.1 Å². The number of methoxy groups -OCH3 is 1. The summed E-state index contributed by atoms with van der Waals surface area (Å²) in [4.78, 5) is 42.3. The molecule has 5 heterocycles. The first-order valence-electron chi connectivity index (χ1n) is 18.1. The SMILES string of the molecule is CCOC(=O)COC1CCN(c2cnc(-c3nc4nc(-c5cc(C6CC6)nc(C(F)(F)F)c5)cc(N(C)CC5(COC)CCCC5)c4[nH]3)cn2)CC1. The van der Waals surface area contributed by atoms with Gasteiger partial charge in [0.1, 0.15) is 29.3 Å². The number of hydrogen-bond donors (Lipinski definition) is 1. The molecule has 2 aliphatic carbocycles. The Kier molecular flexibility index (Phi) is 10.3. The quantitative estimate of drug-likeness (QED) is 0.151. The van der Waals surface area contributed by atoms with E-state index in [1.807, 2.05) is 13.1 Å². The second kappa shape index (κ2) is 14.9. The molecule has 1 N–H and O–H groups in total. The summed E-state index contributed by atoms with van der Waals surface area (Å²) < 4.78 is 58.4. The summed E-state index contributed by atoms with van der Waals surface area (Å²) in [6.45, 7) is 4.77. The monoisotopic (exact) mass is 722 g/mol. The predicted molar refractivity (Wildman–Crippen MR) is 189 cm³/mol. The highest BCUT2D eigenvalue weighted by Crippen LogP contribution is 2.44. The Hall–Kier alpha value is -4.37. The highest BCUT2D eigenvalue weighted by Gasteiger charge is 2.37. The fourth-order valence-electron chi connectivity index (χ4n) is 7.59. The van der Waals surface area contributed by atoms with Crippen LogP contribution in [-0.2, 0) is 25.2 Å². The number of halogens is 3. The molecule has 3 fully saturated rings. The maximum Gasteiger partial charge on any atom is 0.433 e. The van der Waals surface area contributed by atoms with E-state index in [0.717, 1.165) is 63.1 Å². The Morgan fingerprint density at radius 1 is 1.02 bits per heavy atom. The van der Waals surface area contributed by atoms with Crippen LogP contribution in [0, 0.1) is 5.41 Å². The van der Waals surface area contributed by atoms with Gasteiger partial charge in [-0.1, -0.05) is 12.8 Å². The molecule has 0 spiro atoms. The van der Waals surface area contributed by atoms with Crippen LogP contribution in [0.5, 0.6) is 0 Å². The second-order valence-corrected chi connectivity index (χ2v) is 14.3. The van der Waals surface area contributed by atoms with Gasteiger partial charge >= 0.3 is 12.1 Å². The van der Waals surface area contributed by atoms with Crippen molar-refractivity contribution >= 4 is 28.6 Å². The van der Waals surface area contributed by atoms with Crippen LogP contribution in [0.2, 0.25) is 0 Å². The number of aromatic nitrogens is 6. The zero-order valence-corrected chi connectivity index (χ0v) is 29.8. The van der Waals surface area contributed by atoms with Gasteiger partial charge in [-0.25, -0.2) is 29.7 Å². The smallest absolute Gasteiger partial charge is 0.433 e. The van der Waals surface area contributed by atoms with Gasteiger partial charge in [-0.3, -0.25) is 0 Å². The van der Waals surface area contributed by atoms with Crippen molar-refractivity contribution in [2.75, 3.05) is 63.4 Å². The first kappa shape index (κ1) is 36.0. The average Bonchev–Trinajstić information content (AvgIpc) is 3.75. The minimum absolute atomic E-state index is 0.0257. The number of carbonyl (C=O) groups excluding carboxylic acids is 1. The third kappa shape index (κ3) is 7.99. The van der Waals surface area contributed by atoms with Crippen LogP contribution in [-0.4, -0.2) is 95.6 Å². The zero-order valence-electron chi connectivity index (χ0n) is 29.8. The molecule has 0 atom stereocenters. The van der Waals surface area contributed by atoms with Gasteiger partial charge in [0.15, 0.2) is 11.5 Å². The number of anilines is 2. The lowest BCUT2D eigenvalue weighted by molar-refractivity contribution is -0.151. The molecule has 12 nitrogen and oxygen atoms in total. The molecule has 7 rings (SSSR count). The number of piperidine rings is 1. The first-order chi connectivity index (χ1) is 25.0. The number of esters is 1. The summed E-state index contributed by atoms with van der Waals surface area (Å²) in [5, 5.41) is 0. The number of H-pyrrole nitrogens is 1. The summed E-state index contributed by atoms with van der Waals surface area (Å²) in [5.41, 5.74) is 2.56. The molecule has 278 valence electrons. The number of carbonyl (C=O) groups is 1. The Bertz CT molecular complexity index is 1870. The van der Waals surface area contributed by atoms with E-state index < -0.39 is 11.9 Å². The normalized spacial score (nSPS) is 17.9. The third-order valence-electron chi connectivity index (χ3n) is 10.4. The topological polar surface area (TPSA) is 131 Å². The fourth-order valence-corrected chi connectivity index (χ4v) is 7.59. The van der Waals surface area contributed by atoms with E-state index in [2.05, 4.69) is 29.7 Å². The molecule has 0 radical (unpaired) electrons. The van der Waals surface area contributed by atoms with Gasteiger partial charge in [-0.15, -0.1) is 0 Å². The number of aromatic amines is 1. The molecule has 4 aromatic heterocycles. The summed E-state index contributed by atoms with van der Waals surface area (Å²) in [5.74, 6) is 0.838. The van der Waals surface area contributed by atoms with Crippen molar-refractivity contribution in [3.8, 4) is 22.8 Å². The number of nitrogens with one attached hydrogen (secondary N) is 1. The van der Waals surface area contributed by atoms with E-state index in [9.17, 15) is 18.0 Å². The van der Waals surface area contributed by atoms with Crippen molar-refractivity contribution < 1.29 is 32.2 Å². The lowest BCUT2D eigenvalue weighted by Gasteiger charge is -2.34. The van der Waals surface area contributed by atoms with Gasteiger partial charge in [0, 0.05) is 56.4 Å². The van der Waals surface area contributed by atoms with E-state index >= 15 is 0 Å². The Morgan fingerprint density at radius 2 is 1.79 bits per heavy atom. The van der Waals surface area contributed by atoms with E-state index in [1.54, 1.807) is 32.5 Å². The van der Waals surface area contributed by atoms with E-state index in [-0.39, 0.29) is 30.0 Å². The molecule has 0 aromatic carbocycles. The number of fused-ring (bicyclic) bond motifs is 1. The summed E-state index contributed by atoms with van der Waals surface area (Å²) in [6, 6.07) is 4.67. The van der Waals surface area contributed by atoms with E-state index in [4.69, 9.17) is 24.2 Å². The summed E-state index contributed by atoms with van der Waals surface area (Å²) >= 11 is 0. The van der Waals surface area contributed by atoms with E-state index in [1.165, 1.54) is 0 Å². The molecule has 0 amide bonds. The molecule has 0 bridgehead atoms. The molecule has 52 heavy (non-hydrogen) atoms. The number of pyridine rings is 2. The van der Waals surface area contributed by atoms with Gasteiger partial charge in [-0.2, -0.15) is 13.2 Å². The molecule has 1 saturated heterocycles. The Balaban J connectivity index is 1.18. The summed E-state index contributed by atoms with van der Waals surface area (Å²) in [7, 11) is 3.72. The minimum Gasteiger partial charge on any atom is -0.464 e. The van der Waals surface area contributed by atoms with Crippen LogP contribution >= 0.6 is 0 Å². The van der Waals surface area contributed by atoms with Crippen molar-refractivity contribution in [2.45, 2.75) is 76.5 Å². The van der Waals surface area contributed by atoms with Crippen molar-refractivity contribution in [1.29, 1.82) is 0 Å². The summed E-state index contributed by atoms with van der Waals surface area (Å²) in [6.07, 6.45) is 6.19. The lowest BCUT2D eigenvalue weighted by Crippen LogP contribution is -2.38. The molecule has 2 saturated carbocycles. The number of alkyl halides is 3. The lowest BCUT2D eigenvalue weighted by atomic mass is 9.86. The van der Waals surface area contributed by atoms with Crippen LogP contribution in [0.1, 0.15) is 75.6 Å².